The second kappa shape index (κ2) is 7.85. The van der Waals surface area contributed by atoms with Crippen molar-refractivity contribution in [1.82, 2.24) is 4.57 Å². The van der Waals surface area contributed by atoms with Crippen LogP contribution in [0, 0.1) is 11.3 Å². The molecule has 8 heteroatoms. The Balaban J connectivity index is 1.72. The van der Waals surface area contributed by atoms with Crippen molar-refractivity contribution in [2.45, 2.75) is 39.3 Å². The van der Waals surface area contributed by atoms with Gasteiger partial charge in [-0.15, -0.1) is 0 Å². The molecular formula is C24H22N4O4. The first-order valence-electron chi connectivity index (χ1n) is 10.1. The fraction of sp³-hybridized carbons (Fsp3) is 0.250. The number of carboxylic acid groups (broad SMARTS) is 1. The van der Waals surface area contributed by atoms with Crippen LogP contribution in [-0.4, -0.2) is 32.9 Å². The molecule has 1 aliphatic rings. The van der Waals surface area contributed by atoms with E-state index in [4.69, 9.17) is 10.1 Å². The summed E-state index contributed by atoms with van der Waals surface area (Å²) in [5.41, 5.74) is 2.83. The quantitative estimate of drug-likeness (QED) is 0.596. The highest BCUT2D eigenvalue weighted by Crippen LogP contribution is 2.30. The number of aromatic nitrogens is 1. The highest BCUT2D eigenvalue weighted by atomic mass is 16.6. The summed E-state index contributed by atoms with van der Waals surface area (Å²) in [6.45, 7) is 6.33. The van der Waals surface area contributed by atoms with E-state index in [0.29, 0.717) is 18.7 Å². The van der Waals surface area contributed by atoms with Crippen LogP contribution in [0.5, 0.6) is 0 Å². The minimum Gasteiger partial charge on any atom is -0.478 e. The number of nitrogens with one attached hydrogen (secondary N) is 1. The number of carbonyl (C=O) groups excluding carboxylic acids is 1. The Labute approximate surface area is 184 Å². The smallest absolute Gasteiger partial charge is 0.337 e. The van der Waals surface area contributed by atoms with E-state index >= 15 is 0 Å². The molecule has 162 valence electrons. The van der Waals surface area contributed by atoms with E-state index in [0.717, 1.165) is 22.2 Å². The Morgan fingerprint density at radius 1 is 1.22 bits per heavy atom. The summed E-state index contributed by atoms with van der Waals surface area (Å²) in [7, 11) is 0. The van der Waals surface area contributed by atoms with E-state index in [1.165, 1.54) is 18.2 Å². The molecule has 4 rings (SSSR count). The van der Waals surface area contributed by atoms with Crippen molar-refractivity contribution >= 4 is 34.2 Å². The fourth-order valence-electron chi connectivity index (χ4n) is 3.70. The Morgan fingerprint density at radius 2 is 2.00 bits per heavy atom. The van der Waals surface area contributed by atoms with E-state index in [-0.39, 0.29) is 16.8 Å². The lowest BCUT2D eigenvalue weighted by Gasteiger charge is -2.22. The summed E-state index contributed by atoms with van der Waals surface area (Å²) in [6.07, 6.45) is 0.592. The van der Waals surface area contributed by atoms with Gasteiger partial charge in [-0.2, -0.15) is 5.26 Å². The van der Waals surface area contributed by atoms with Gasteiger partial charge in [-0.05, 0) is 45.0 Å². The zero-order chi connectivity index (χ0) is 23.0. The normalized spacial score (nSPS) is 14.2. The van der Waals surface area contributed by atoms with Gasteiger partial charge in [0.2, 0.25) is 0 Å². The van der Waals surface area contributed by atoms with E-state index in [1.54, 1.807) is 6.07 Å². The molecule has 3 aromatic rings. The molecule has 0 aliphatic carbocycles. The number of amides is 1. The van der Waals surface area contributed by atoms with Gasteiger partial charge >= 0.3 is 5.97 Å². The third kappa shape index (κ3) is 3.93. The first-order valence-corrected chi connectivity index (χ1v) is 10.1. The lowest BCUT2D eigenvalue weighted by molar-refractivity contribution is 0.000625. The van der Waals surface area contributed by atoms with Crippen LogP contribution in [0.15, 0.2) is 47.6 Å². The van der Waals surface area contributed by atoms with Gasteiger partial charge in [0.15, 0.2) is 0 Å². The third-order valence-electron chi connectivity index (χ3n) is 5.09. The van der Waals surface area contributed by atoms with Gasteiger partial charge in [0.25, 0.3) is 5.91 Å². The topological polar surface area (TPSA) is 117 Å². The van der Waals surface area contributed by atoms with Gasteiger partial charge in [-0.1, -0.05) is 23.4 Å². The van der Waals surface area contributed by atoms with Gasteiger partial charge < -0.3 is 19.8 Å². The number of carbonyl (C=O) groups is 2. The van der Waals surface area contributed by atoms with Crippen molar-refractivity contribution in [1.29, 1.82) is 5.26 Å². The van der Waals surface area contributed by atoms with Crippen molar-refractivity contribution in [2.75, 3.05) is 5.32 Å². The molecule has 2 aromatic carbocycles. The molecule has 0 spiro atoms. The molecule has 0 radical (unpaired) electrons. The van der Waals surface area contributed by atoms with Gasteiger partial charge in [-0.25, -0.2) is 4.79 Å². The van der Waals surface area contributed by atoms with E-state index in [1.807, 2.05) is 49.6 Å². The number of aryl methyl sites for hydroxylation is 1. The highest BCUT2D eigenvalue weighted by Gasteiger charge is 2.25. The molecule has 0 bridgehead atoms. The molecule has 2 N–H and O–H groups in total. The first kappa shape index (κ1) is 21.1. The fourth-order valence-corrected chi connectivity index (χ4v) is 3.70. The average molecular weight is 430 g/mol. The second-order valence-electron chi connectivity index (χ2n) is 8.55. The molecule has 8 nitrogen and oxygen atoms in total. The minimum absolute atomic E-state index is 0.136. The van der Waals surface area contributed by atoms with Crippen LogP contribution in [0.4, 0.5) is 5.69 Å². The van der Waals surface area contributed by atoms with Crippen LogP contribution >= 0.6 is 0 Å². The number of para-hydroxylation sites is 1. The largest absolute Gasteiger partial charge is 0.478 e. The first-order chi connectivity index (χ1) is 15.2. The number of hydrogen-bond acceptors (Lipinski definition) is 5. The van der Waals surface area contributed by atoms with Crippen LogP contribution in [-0.2, 0) is 11.4 Å². The van der Waals surface area contributed by atoms with Crippen LogP contribution in [0.1, 0.15) is 59.2 Å². The van der Waals surface area contributed by atoms with Gasteiger partial charge in [0, 0.05) is 23.9 Å². The monoisotopic (exact) mass is 430 g/mol. The van der Waals surface area contributed by atoms with Crippen LogP contribution in [0.3, 0.4) is 0 Å². The predicted molar refractivity (Wildman–Crippen MR) is 120 cm³/mol. The molecule has 1 aliphatic heterocycles. The lowest BCUT2D eigenvalue weighted by Crippen LogP contribution is -2.23. The molecule has 1 aromatic heterocycles. The van der Waals surface area contributed by atoms with E-state index < -0.39 is 17.5 Å². The Hall–Kier alpha value is -4.12. The Kier molecular flexibility index (Phi) is 5.18. The molecule has 0 saturated carbocycles. The van der Waals surface area contributed by atoms with E-state index in [2.05, 4.69) is 10.5 Å². The number of rotatable bonds is 4. The molecule has 32 heavy (non-hydrogen) atoms. The molecule has 2 heterocycles. The minimum atomic E-state index is -1.22. The number of aromatic carboxylic acids is 1. The number of nitriles is 1. The molecule has 1 amide bonds. The maximum atomic E-state index is 13.1. The summed E-state index contributed by atoms with van der Waals surface area (Å²) in [5.74, 6) is -1.65. The molecule has 0 fully saturated rings. The molecule has 0 saturated heterocycles. The van der Waals surface area contributed by atoms with Crippen LogP contribution < -0.4 is 5.32 Å². The van der Waals surface area contributed by atoms with Crippen molar-refractivity contribution in [3.05, 3.63) is 64.8 Å². The number of benzene rings is 2. The number of nitrogens with zero attached hydrogens (tertiary/aromatic N) is 3. The zero-order valence-electron chi connectivity index (χ0n) is 18.0. The molecule has 0 unspecified atom stereocenters. The van der Waals surface area contributed by atoms with Gasteiger partial charge in [-0.3, -0.25) is 4.79 Å². The number of carboxylic acids is 1. The van der Waals surface area contributed by atoms with Crippen molar-refractivity contribution < 1.29 is 19.5 Å². The Morgan fingerprint density at radius 3 is 2.69 bits per heavy atom. The van der Waals surface area contributed by atoms with Crippen molar-refractivity contribution in [2.24, 2.45) is 5.16 Å². The van der Waals surface area contributed by atoms with Crippen LogP contribution in [0.25, 0.3) is 10.9 Å². The van der Waals surface area contributed by atoms with Crippen LogP contribution in [0.2, 0.25) is 0 Å². The average Bonchev–Trinajstić information content (AvgIpc) is 3.13. The van der Waals surface area contributed by atoms with E-state index in [9.17, 15) is 14.7 Å². The third-order valence-corrected chi connectivity index (χ3v) is 5.09. The summed E-state index contributed by atoms with van der Waals surface area (Å²) < 4.78 is 1.92. The van der Waals surface area contributed by atoms with Gasteiger partial charge in [0.05, 0.1) is 34.1 Å². The summed E-state index contributed by atoms with van der Waals surface area (Å²) in [5, 5.41) is 26.4. The van der Waals surface area contributed by atoms with Crippen molar-refractivity contribution in [3.63, 3.8) is 0 Å². The predicted octanol–water partition coefficient (Wildman–Crippen LogP) is 4.39. The summed E-state index contributed by atoms with van der Waals surface area (Å²) >= 11 is 0. The maximum absolute atomic E-state index is 13.1. The lowest BCUT2D eigenvalue weighted by atomic mass is 10.0. The Bertz CT molecular complexity index is 1320. The number of hydrogen-bond donors (Lipinski definition) is 2. The number of anilines is 1. The van der Waals surface area contributed by atoms with Crippen molar-refractivity contribution in [3.8, 4) is 6.07 Å². The SMILES string of the molecule is CC(C)(C)ON=C1CCn2c(C(=O)Nc3ccc(C#N)cc3C(=O)O)cc3cccc1c32. The highest BCUT2D eigenvalue weighted by molar-refractivity contribution is 6.15. The van der Waals surface area contributed by atoms with Gasteiger partial charge in [0.1, 0.15) is 11.3 Å². The second-order valence-corrected chi connectivity index (χ2v) is 8.55. The number of oxime groups is 1. The standard InChI is InChI=1S/C24H22N4O4/c1-24(2,3)32-27-19-9-10-28-20(12-15-5-4-6-16(19)21(15)28)22(29)26-18-8-7-14(13-25)11-17(18)23(30)31/h4-8,11-12H,9-10H2,1-3H3,(H,26,29)(H,30,31). The molecule has 0 atom stereocenters. The summed E-state index contributed by atoms with van der Waals surface area (Å²) in [4.78, 5) is 30.3. The maximum Gasteiger partial charge on any atom is 0.337 e. The zero-order valence-corrected chi connectivity index (χ0v) is 18.0. The molecular weight excluding hydrogens is 408 g/mol. The summed E-state index contributed by atoms with van der Waals surface area (Å²) in [6, 6.07) is 13.6.